The monoisotopic (exact) mass is 251 g/mol. The van der Waals surface area contributed by atoms with Gasteiger partial charge in [0.1, 0.15) is 5.60 Å². The van der Waals surface area contributed by atoms with Crippen molar-refractivity contribution >= 4 is 13.4 Å². The van der Waals surface area contributed by atoms with Gasteiger partial charge in [-0.1, -0.05) is 0 Å². The van der Waals surface area contributed by atoms with Crippen LogP contribution in [0.5, 0.6) is 0 Å². The first-order valence-electron chi connectivity index (χ1n) is 4.06. The number of carbonyl (C=O) groups is 1. The molecule has 0 aliphatic rings. The van der Waals surface area contributed by atoms with Crippen molar-refractivity contribution in [2.45, 2.75) is 32.7 Å². The number of hydrogen-bond acceptors (Lipinski definition) is 2. The molecule has 0 fully saturated rings. The summed E-state index contributed by atoms with van der Waals surface area (Å²) in [5, 5.41) is 2.23. The molecule has 0 heterocycles. The third-order valence-electron chi connectivity index (χ3n) is 1.03. The number of ether oxygens (including phenoxy) is 1. The second kappa shape index (κ2) is 9.95. The molecule has 15 heavy (non-hydrogen) atoms. The van der Waals surface area contributed by atoms with E-state index in [1.54, 1.807) is 20.8 Å². The van der Waals surface area contributed by atoms with Gasteiger partial charge in [0, 0.05) is 12.9 Å². The molecule has 0 saturated heterocycles. The molecule has 0 aliphatic carbocycles. The van der Waals surface area contributed by atoms with Crippen LogP contribution in [0.3, 0.4) is 0 Å². The normalized spacial score (nSPS) is 9.40. The first-order valence-corrected chi connectivity index (χ1v) is 4.06. The summed E-state index contributed by atoms with van der Waals surface area (Å²) in [6, 6.07) is 0. The van der Waals surface area contributed by atoms with E-state index in [2.05, 4.69) is 5.32 Å². The molecular weight excluding hydrogens is 237 g/mol. The van der Waals surface area contributed by atoms with Crippen LogP contribution < -0.4 is 61.4 Å². The van der Waals surface area contributed by atoms with Crippen molar-refractivity contribution in [2.75, 3.05) is 6.54 Å². The molecule has 0 aromatic carbocycles. The number of hydrogen-bond donors (Lipinski definition) is 1. The van der Waals surface area contributed by atoms with E-state index in [4.69, 9.17) is 4.74 Å². The Bertz CT molecular complexity index is 178. The number of halogens is 3. The van der Waals surface area contributed by atoms with Crippen LogP contribution in [0.4, 0.5) is 13.4 Å². The molecule has 0 atom stereocenters. The molecule has 0 aromatic rings. The van der Waals surface area contributed by atoms with Gasteiger partial charge in [0.05, 0.1) is 0 Å². The van der Waals surface area contributed by atoms with Crippen LogP contribution in [0, 0.1) is 0 Å². The smallest absolute Gasteiger partial charge is 1.00 e. The molecule has 0 radical (unpaired) electrons. The van der Waals surface area contributed by atoms with Crippen LogP contribution in [0.15, 0.2) is 0 Å². The molecule has 0 aliphatic heterocycles. The molecule has 0 saturated carbocycles. The van der Waals surface area contributed by atoms with Gasteiger partial charge in [-0.3, -0.25) is 8.63 Å². The third kappa shape index (κ3) is 17.4. The molecule has 0 spiro atoms. The molecule has 0 aromatic heterocycles. The van der Waals surface area contributed by atoms with Gasteiger partial charge in [-0.05, 0) is 20.8 Å². The minimum Gasteiger partial charge on any atom is -1.00 e. The van der Waals surface area contributed by atoms with Gasteiger partial charge in [-0.2, -0.15) is 0 Å². The Hall–Kier alpha value is 0.761. The largest absolute Gasteiger partial charge is 1.00 e. The number of amides is 1. The van der Waals surface area contributed by atoms with Crippen molar-refractivity contribution in [3.8, 4) is 0 Å². The second-order valence-electron chi connectivity index (χ2n) is 3.61. The minimum absolute atomic E-state index is 0. The number of alkyl carbamates (subject to hydrolysis) is 1. The first kappa shape index (κ1) is 21.1. The average molecular weight is 251 g/mol. The van der Waals surface area contributed by atoms with Gasteiger partial charge in [0.2, 0.25) is 0 Å². The Morgan fingerprint density at radius 1 is 1.40 bits per heavy atom. The van der Waals surface area contributed by atoms with E-state index in [9.17, 15) is 13.4 Å². The molecular formula is C7H14BF3KNO2. The predicted molar refractivity (Wildman–Crippen MR) is 47.0 cm³/mol. The van der Waals surface area contributed by atoms with Crippen LogP contribution in [-0.2, 0) is 4.74 Å². The van der Waals surface area contributed by atoms with E-state index in [-0.39, 0.29) is 69.0 Å². The van der Waals surface area contributed by atoms with E-state index < -0.39 is 19.0 Å². The van der Waals surface area contributed by atoms with E-state index >= 15 is 0 Å². The fourth-order valence-electron chi connectivity index (χ4n) is 0.598. The Morgan fingerprint density at radius 2 is 1.87 bits per heavy atom. The van der Waals surface area contributed by atoms with Crippen LogP contribution >= 0.6 is 0 Å². The van der Waals surface area contributed by atoms with Crippen molar-refractivity contribution in [2.24, 2.45) is 0 Å². The zero-order valence-corrected chi connectivity index (χ0v) is 12.6. The summed E-state index contributed by atoms with van der Waals surface area (Å²) in [4.78, 5) is 10.9. The topological polar surface area (TPSA) is 38.3 Å². The Kier molecular flexibility index (Phi) is 14.0. The molecule has 3 nitrogen and oxygen atoms in total. The summed E-state index contributed by atoms with van der Waals surface area (Å²) in [5.74, 6) is 0. The van der Waals surface area contributed by atoms with Gasteiger partial charge in [0.25, 0.3) is 0 Å². The van der Waals surface area contributed by atoms with Gasteiger partial charge in [0.15, 0.2) is 0 Å². The summed E-state index contributed by atoms with van der Waals surface area (Å²) in [6.45, 7) is 5.06. The van der Waals surface area contributed by atoms with Gasteiger partial charge in [-0.25, -0.2) is 4.79 Å². The van der Waals surface area contributed by atoms with Gasteiger partial charge < -0.3 is 14.8 Å². The number of nitrogens with one attached hydrogen (secondary N) is 1. The SMILES string of the molecule is CC(C)(C)OC(=O)NCCB(F)F.[F-].[K+]. The average Bonchev–Trinajstić information content (AvgIpc) is 1.81. The van der Waals surface area contributed by atoms with Crippen molar-refractivity contribution < 1.29 is 74.3 Å². The molecule has 0 rings (SSSR count). The fourth-order valence-corrected chi connectivity index (χ4v) is 0.598. The third-order valence-corrected chi connectivity index (χ3v) is 1.03. The maximum atomic E-state index is 11.6. The molecule has 84 valence electrons. The maximum Gasteiger partial charge on any atom is 1.00 e. The predicted octanol–water partition coefficient (Wildman–Crippen LogP) is -4.05. The second-order valence-corrected chi connectivity index (χ2v) is 3.61. The Balaban J connectivity index is -0.000000720. The van der Waals surface area contributed by atoms with Crippen LogP contribution in [-0.4, -0.2) is 25.5 Å². The number of carbonyl (C=O) groups excluding carboxylic acids is 1. The quantitative estimate of drug-likeness (QED) is 0.518. The molecule has 1 amide bonds. The number of rotatable bonds is 3. The molecule has 1 N–H and O–H groups in total. The van der Waals surface area contributed by atoms with Crippen LogP contribution in [0.25, 0.3) is 0 Å². The van der Waals surface area contributed by atoms with Crippen molar-refractivity contribution in [1.82, 2.24) is 5.32 Å². The van der Waals surface area contributed by atoms with E-state index in [0.29, 0.717) is 0 Å². The van der Waals surface area contributed by atoms with Gasteiger partial charge in [-0.15, -0.1) is 0 Å². The fraction of sp³-hybridized carbons (Fsp3) is 0.857. The van der Waals surface area contributed by atoms with Crippen molar-refractivity contribution in [3.05, 3.63) is 0 Å². The summed E-state index contributed by atoms with van der Waals surface area (Å²) in [5.41, 5.74) is -0.588. The first-order chi connectivity index (χ1) is 5.81. The van der Waals surface area contributed by atoms with E-state index in [0.717, 1.165) is 0 Å². The summed E-state index contributed by atoms with van der Waals surface area (Å²) in [6.07, 6.45) is -1.01. The van der Waals surface area contributed by atoms with Crippen molar-refractivity contribution in [1.29, 1.82) is 0 Å². The van der Waals surface area contributed by atoms with Gasteiger partial charge >= 0.3 is 64.7 Å². The van der Waals surface area contributed by atoms with Crippen LogP contribution in [0.1, 0.15) is 20.8 Å². The van der Waals surface area contributed by atoms with Crippen molar-refractivity contribution in [3.63, 3.8) is 0 Å². The van der Waals surface area contributed by atoms with Crippen LogP contribution in [0.2, 0.25) is 6.32 Å². The minimum atomic E-state index is -2.39. The molecule has 8 heteroatoms. The Morgan fingerprint density at radius 3 is 2.20 bits per heavy atom. The molecule has 0 unspecified atom stereocenters. The standard InChI is InChI=1S/C7H14BF2NO2.FH.K/c1-7(2,3)13-6(12)11-5-4-8(9)10;;/h4-5H2,1-3H3,(H,11,12);1H;/q;;+1/p-1. The van der Waals surface area contributed by atoms with E-state index in [1.807, 2.05) is 0 Å². The molecule has 0 bridgehead atoms. The van der Waals surface area contributed by atoms with E-state index in [1.165, 1.54) is 0 Å². The summed E-state index contributed by atoms with van der Waals surface area (Å²) < 4.78 is 28.1. The zero-order valence-electron chi connectivity index (χ0n) is 9.44. The Labute approximate surface area is 131 Å². The zero-order chi connectivity index (χ0) is 10.5. The summed E-state index contributed by atoms with van der Waals surface area (Å²) in [7, 11) is -2.39. The summed E-state index contributed by atoms with van der Waals surface area (Å²) >= 11 is 0. The maximum absolute atomic E-state index is 11.6.